The Balaban J connectivity index is 2.16. The van der Waals surface area contributed by atoms with Gasteiger partial charge in [-0.05, 0) is 35.9 Å². The summed E-state index contributed by atoms with van der Waals surface area (Å²) in [4.78, 5) is 27.1. The number of methoxy groups -OCH3 is 3. The number of nitrogens with zero attached hydrogens (tertiary/aromatic N) is 1. The topological polar surface area (TPSA) is 85.3 Å². The van der Waals surface area contributed by atoms with E-state index in [9.17, 15) is 14.7 Å². The normalized spacial score (nSPS) is 18.3. The second-order valence-electron chi connectivity index (χ2n) is 6.60. The van der Waals surface area contributed by atoms with E-state index in [0.29, 0.717) is 21.9 Å². The van der Waals surface area contributed by atoms with Gasteiger partial charge in [-0.2, -0.15) is 0 Å². The lowest BCUT2D eigenvalue weighted by Crippen LogP contribution is -2.38. The summed E-state index contributed by atoms with van der Waals surface area (Å²) in [6.07, 6.45) is -0.755. The van der Waals surface area contributed by atoms with E-state index in [1.807, 2.05) is 0 Å². The van der Waals surface area contributed by atoms with Gasteiger partial charge in [-0.15, -0.1) is 0 Å². The minimum absolute atomic E-state index is 0.0210. The van der Waals surface area contributed by atoms with Crippen molar-refractivity contribution in [3.05, 3.63) is 70.3 Å². The van der Waals surface area contributed by atoms with Gasteiger partial charge in [0.05, 0.1) is 25.3 Å². The van der Waals surface area contributed by atoms with E-state index in [-0.39, 0.29) is 17.9 Å². The van der Waals surface area contributed by atoms with Gasteiger partial charge >= 0.3 is 0 Å². The van der Waals surface area contributed by atoms with Crippen molar-refractivity contribution in [2.75, 3.05) is 27.9 Å². The van der Waals surface area contributed by atoms with Crippen LogP contribution in [0.1, 0.15) is 17.2 Å². The van der Waals surface area contributed by atoms with Crippen molar-refractivity contribution in [1.29, 1.82) is 0 Å². The molecule has 0 aliphatic carbocycles. The fraction of sp³-hybridized carbons (Fsp3) is 0.273. The first kappa shape index (κ1) is 21.8. The third-order valence-corrected chi connectivity index (χ3v) is 5.32. The van der Waals surface area contributed by atoms with Crippen LogP contribution in [0, 0.1) is 0 Å². The Labute approximate surface area is 179 Å². The molecule has 1 aliphatic heterocycles. The molecule has 1 amide bonds. The van der Waals surface area contributed by atoms with E-state index in [0.717, 1.165) is 0 Å². The van der Waals surface area contributed by atoms with Gasteiger partial charge in [0.2, 0.25) is 0 Å². The molecule has 158 valence electrons. The molecule has 8 heteroatoms. The summed E-state index contributed by atoms with van der Waals surface area (Å²) in [6, 6.07) is 12.5. The highest BCUT2D eigenvalue weighted by Crippen LogP contribution is 2.42. The number of hydrogen-bond donors (Lipinski definition) is 1. The fourth-order valence-electron chi connectivity index (χ4n) is 3.40. The number of benzene rings is 2. The van der Waals surface area contributed by atoms with Crippen LogP contribution in [-0.4, -0.2) is 55.9 Å². The van der Waals surface area contributed by atoms with Crippen LogP contribution in [0.2, 0.25) is 5.02 Å². The molecule has 1 N–H and O–H groups in total. The maximum absolute atomic E-state index is 12.9. The van der Waals surface area contributed by atoms with Gasteiger partial charge in [0.15, 0.2) is 6.29 Å². The zero-order valence-corrected chi connectivity index (χ0v) is 17.6. The van der Waals surface area contributed by atoms with Gasteiger partial charge in [0, 0.05) is 24.8 Å². The molecule has 1 aliphatic rings. The third kappa shape index (κ3) is 4.05. The summed E-state index contributed by atoms with van der Waals surface area (Å²) in [5.41, 5.74) is 0.837. The van der Waals surface area contributed by atoms with Gasteiger partial charge in [0.25, 0.3) is 11.7 Å². The highest BCUT2D eigenvalue weighted by Gasteiger charge is 2.47. The number of hydrogen-bond acceptors (Lipinski definition) is 6. The number of aliphatic hydroxyl groups is 1. The Morgan fingerprint density at radius 3 is 2.27 bits per heavy atom. The van der Waals surface area contributed by atoms with Crippen LogP contribution in [-0.2, 0) is 19.1 Å². The number of carbonyl (C=O) groups is 2. The van der Waals surface area contributed by atoms with Crippen molar-refractivity contribution >= 4 is 29.1 Å². The molecule has 3 rings (SSSR count). The van der Waals surface area contributed by atoms with Gasteiger partial charge in [0.1, 0.15) is 11.5 Å². The van der Waals surface area contributed by atoms with Crippen LogP contribution in [0.4, 0.5) is 0 Å². The largest absolute Gasteiger partial charge is 0.507 e. The van der Waals surface area contributed by atoms with Crippen molar-refractivity contribution in [3.63, 3.8) is 0 Å². The lowest BCUT2D eigenvalue weighted by molar-refractivity contribution is -0.149. The van der Waals surface area contributed by atoms with E-state index in [2.05, 4.69) is 0 Å². The van der Waals surface area contributed by atoms with Gasteiger partial charge < -0.3 is 24.2 Å². The maximum atomic E-state index is 12.9. The SMILES string of the molecule is COc1ccc(C(O)=C2C(=O)C(=O)N(CC(OC)OC)[C@@H]2c2ccccc2Cl)cc1. The van der Waals surface area contributed by atoms with Gasteiger partial charge in [-0.25, -0.2) is 0 Å². The number of Topliss-reactive ketones (excluding diaryl/α,β-unsaturated/α-hetero) is 1. The molecule has 1 atom stereocenters. The van der Waals surface area contributed by atoms with Crippen LogP contribution in [0.25, 0.3) is 5.76 Å². The zero-order valence-electron chi connectivity index (χ0n) is 16.8. The Kier molecular flexibility index (Phi) is 6.77. The number of amides is 1. The number of ether oxygens (including phenoxy) is 3. The van der Waals surface area contributed by atoms with Crippen LogP contribution >= 0.6 is 11.6 Å². The van der Waals surface area contributed by atoms with Crippen LogP contribution in [0.3, 0.4) is 0 Å². The molecule has 0 saturated carbocycles. The number of aliphatic hydroxyl groups excluding tert-OH is 1. The first-order chi connectivity index (χ1) is 14.4. The molecule has 1 saturated heterocycles. The quantitative estimate of drug-likeness (QED) is 0.313. The minimum atomic E-state index is -0.895. The molecule has 2 aromatic rings. The van der Waals surface area contributed by atoms with Crippen molar-refractivity contribution in [2.45, 2.75) is 12.3 Å². The summed E-state index contributed by atoms with van der Waals surface area (Å²) in [7, 11) is 4.40. The van der Waals surface area contributed by atoms with Crippen molar-refractivity contribution in [3.8, 4) is 5.75 Å². The zero-order chi connectivity index (χ0) is 21.8. The molecular formula is C22H22ClNO6. The van der Waals surface area contributed by atoms with E-state index in [4.69, 9.17) is 25.8 Å². The van der Waals surface area contributed by atoms with E-state index >= 15 is 0 Å². The average molecular weight is 432 g/mol. The second-order valence-corrected chi connectivity index (χ2v) is 7.01. The third-order valence-electron chi connectivity index (χ3n) is 4.97. The molecule has 7 nitrogen and oxygen atoms in total. The number of halogens is 1. The lowest BCUT2D eigenvalue weighted by atomic mass is 9.95. The van der Waals surface area contributed by atoms with Crippen molar-refractivity contribution < 1.29 is 28.9 Å². The monoisotopic (exact) mass is 431 g/mol. The van der Waals surface area contributed by atoms with Gasteiger partial charge in [-0.3, -0.25) is 9.59 Å². The smallest absolute Gasteiger partial charge is 0.295 e. The number of likely N-dealkylation sites (tertiary alicyclic amines) is 1. The molecule has 30 heavy (non-hydrogen) atoms. The molecule has 2 aromatic carbocycles. The Hall–Kier alpha value is -2.87. The van der Waals surface area contributed by atoms with E-state index in [1.54, 1.807) is 48.5 Å². The van der Waals surface area contributed by atoms with Crippen LogP contribution < -0.4 is 4.74 Å². The molecule has 0 unspecified atom stereocenters. The second kappa shape index (κ2) is 9.30. The minimum Gasteiger partial charge on any atom is -0.507 e. The summed E-state index contributed by atoms with van der Waals surface area (Å²) < 4.78 is 15.6. The maximum Gasteiger partial charge on any atom is 0.295 e. The molecule has 0 bridgehead atoms. The van der Waals surface area contributed by atoms with E-state index < -0.39 is 24.0 Å². The number of carbonyl (C=O) groups excluding carboxylic acids is 2. The Bertz CT molecular complexity index is 968. The summed E-state index contributed by atoms with van der Waals surface area (Å²) in [5, 5.41) is 11.4. The van der Waals surface area contributed by atoms with Gasteiger partial charge in [-0.1, -0.05) is 29.8 Å². The van der Waals surface area contributed by atoms with Crippen LogP contribution in [0.5, 0.6) is 5.75 Å². The Morgan fingerprint density at radius 1 is 1.07 bits per heavy atom. The lowest BCUT2D eigenvalue weighted by Gasteiger charge is -2.28. The predicted molar refractivity (Wildman–Crippen MR) is 111 cm³/mol. The summed E-state index contributed by atoms with van der Waals surface area (Å²) in [6.45, 7) is -0.0210. The fourth-order valence-corrected chi connectivity index (χ4v) is 3.64. The molecule has 0 aromatic heterocycles. The number of rotatable bonds is 7. The predicted octanol–water partition coefficient (Wildman–Crippen LogP) is 3.39. The molecular weight excluding hydrogens is 410 g/mol. The number of ketones is 1. The average Bonchev–Trinajstić information content (AvgIpc) is 3.01. The first-order valence-corrected chi connectivity index (χ1v) is 9.53. The summed E-state index contributed by atoms with van der Waals surface area (Å²) in [5.74, 6) is -1.28. The van der Waals surface area contributed by atoms with Crippen molar-refractivity contribution in [1.82, 2.24) is 4.90 Å². The summed E-state index contributed by atoms with van der Waals surface area (Å²) >= 11 is 6.39. The standard InChI is InChI=1S/C22H22ClNO6/c1-28-14-10-8-13(9-11-14)20(25)18-19(15-6-4-5-7-16(15)23)24(22(27)21(18)26)12-17(29-2)30-3/h4-11,17,19,25H,12H2,1-3H3/t19-/m1/s1. The first-order valence-electron chi connectivity index (χ1n) is 9.15. The molecule has 0 radical (unpaired) electrons. The van der Waals surface area contributed by atoms with E-state index in [1.165, 1.54) is 26.2 Å². The highest BCUT2D eigenvalue weighted by molar-refractivity contribution is 6.47. The van der Waals surface area contributed by atoms with Crippen molar-refractivity contribution in [2.24, 2.45) is 0 Å². The molecule has 1 fully saturated rings. The van der Waals surface area contributed by atoms with Crippen LogP contribution in [0.15, 0.2) is 54.1 Å². The molecule has 0 spiro atoms. The molecule has 1 heterocycles. The highest BCUT2D eigenvalue weighted by atomic mass is 35.5. The Morgan fingerprint density at radius 2 is 1.70 bits per heavy atom.